The lowest BCUT2D eigenvalue weighted by molar-refractivity contribution is -0.121. The fourth-order valence-corrected chi connectivity index (χ4v) is 3.04. The topological polar surface area (TPSA) is 93.5 Å². The average Bonchev–Trinajstić information content (AvgIpc) is 3.05. The molecule has 1 unspecified atom stereocenters. The summed E-state index contributed by atoms with van der Waals surface area (Å²) in [4.78, 5) is 16.0. The van der Waals surface area contributed by atoms with E-state index in [1.165, 1.54) is 0 Å². The molecule has 6 heteroatoms. The summed E-state index contributed by atoms with van der Waals surface area (Å²) in [5.74, 6) is 0.572. The number of benzene rings is 2. The molecule has 0 bridgehead atoms. The highest BCUT2D eigenvalue weighted by Crippen LogP contribution is 2.27. The fraction of sp³-hybridized carbons (Fsp3) is 0.211. The number of nitrogens with zero attached hydrogens (tertiary/aromatic N) is 2. The van der Waals surface area contributed by atoms with Gasteiger partial charge >= 0.3 is 0 Å². The van der Waals surface area contributed by atoms with Gasteiger partial charge in [0.25, 0.3) is 0 Å². The molecule has 3 aromatic rings. The summed E-state index contributed by atoms with van der Waals surface area (Å²) in [6, 6.07) is 13.6. The maximum atomic E-state index is 11.4. The Balaban J connectivity index is 1.73. The lowest BCUT2D eigenvalue weighted by atomic mass is 9.94. The van der Waals surface area contributed by atoms with Gasteiger partial charge in [0.1, 0.15) is 5.52 Å². The molecule has 1 aliphatic heterocycles. The molecule has 3 N–H and O–H groups in total. The molecule has 1 atom stereocenters. The van der Waals surface area contributed by atoms with Crippen molar-refractivity contribution in [2.75, 3.05) is 0 Å². The van der Waals surface area contributed by atoms with Crippen LogP contribution in [0.1, 0.15) is 24.5 Å². The Morgan fingerprint density at radius 3 is 2.92 bits per heavy atom. The van der Waals surface area contributed by atoms with E-state index in [4.69, 9.17) is 10.2 Å². The van der Waals surface area contributed by atoms with Crippen LogP contribution in [-0.4, -0.2) is 16.6 Å². The molecular weight excluding hydrogens is 316 g/mol. The number of oxazole rings is 1. The van der Waals surface area contributed by atoms with E-state index in [1.807, 2.05) is 49.4 Å². The summed E-state index contributed by atoms with van der Waals surface area (Å²) in [6.07, 6.45) is 0.435. The molecule has 1 amide bonds. The van der Waals surface area contributed by atoms with Gasteiger partial charge in [-0.1, -0.05) is 25.1 Å². The second-order valence-electron chi connectivity index (χ2n) is 6.24. The molecule has 25 heavy (non-hydrogen) atoms. The maximum Gasteiger partial charge on any atom is 0.240 e. The second-order valence-corrected chi connectivity index (χ2v) is 6.24. The van der Waals surface area contributed by atoms with Crippen LogP contribution in [0, 0.1) is 5.92 Å². The minimum absolute atomic E-state index is 0.0564. The number of amides is 1. The summed E-state index contributed by atoms with van der Waals surface area (Å²) in [5.41, 5.74) is 13.4. The first kappa shape index (κ1) is 15.5. The van der Waals surface area contributed by atoms with Gasteiger partial charge in [0.15, 0.2) is 5.58 Å². The van der Waals surface area contributed by atoms with Crippen molar-refractivity contribution in [1.82, 2.24) is 10.4 Å². The van der Waals surface area contributed by atoms with Gasteiger partial charge in [-0.05, 0) is 29.8 Å². The minimum Gasteiger partial charge on any atom is -0.436 e. The van der Waals surface area contributed by atoms with Crippen LogP contribution < -0.4 is 11.2 Å². The molecule has 1 aliphatic rings. The van der Waals surface area contributed by atoms with Gasteiger partial charge in [-0.3, -0.25) is 4.79 Å². The van der Waals surface area contributed by atoms with Crippen LogP contribution in [-0.2, 0) is 11.3 Å². The van der Waals surface area contributed by atoms with E-state index in [-0.39, 0.29) is 11.8 Å². The van der Waals surface area contributed by atoms with E-state index in [0.29, 0.717) is 24.4 Å². The Bertz CT molecular complexity index is 990. The van der Waals surface area contributed by atoms with Crippen LogP contribution in [0.3, 0.4) is 0 Å². The second kappa shape index (κ2) is 6.14. The first-order valence-corrected chi connectivity index (χ1v) is 8.21. The van der Waals surface area contributed by atoms with Crippen LogP contribution in [0.2, 0.25) is 0 Å². The zero-order chi connectivity index (χ0) is 17.4. The number of aromatic nitrogens is 1. The Morgan fingerprint density at radius 1 is 1.24 bits per heavy atom. The smallest absolute Gasteiger partial charge is 0.240 e. The highest BCUT2D eigenvalue weighted by Gasteiger charge is 2.22. The number of hydrogen-bond acceptors (Lipinski definition) is 5. The van der Waals surface area contributed by atoms with Crippen LogP contribution in [0.25, 0.3) is 22.6 Å². The maximum absolute atomic E-state index is 11.4. The third kappa shape index (κ3) is 2.92. The fourth-order valence-electron chi connectivity index (χ4n) is 3.04. The molecule has 0 fully saturated rings. The lowest BCUT2D eigenvalue weighted by Crippen LogP contribution is -2.31. The van der Waals surface area contributed by atoms with Crippen molar-refractivity contribution < 1.29 is 9.21 Å². The molecule has 2 aromatic carbocycles. The average molecular weight is 334 g/mol. The summed E-state index contributed by atoms with van der Waals surface area (Å²) in [5, 5.41) is 4.20. The van der Waals surface area contributed by atoms with Crippen molar-refractivity contribution in [3.8, 4) is 11.5 Å². The van der Waals surface area contributed by atoms with E-state index in [0.717, 1.165) is 27.9 Å². The Morgan fingerprint density at radius 2 is 2.12 bits per heavy atom. The molecule has 0 aliphatic carbocycles. The monoisotopic (exact) mass is 334 g/mol. The van der Waals surface area contributed by atoms with Crippen molar-refractivity contribution in [3.05, 3.63) is 53.6 Å². The van der Waals surface area contributed by atoms with Crippen molar-refractivity contribution in [1.29, 1.82) is 0 Å². The number of nitrogens with one attached hydrogen (secondary N) is 1. The van der Waals surface area contributed by atoms with Gasteiger partial charge in [-0.2, -0.15) is 5.10 Å². The van der Waals surface area contributed by atoms with Gasteiger partial charge < -0.3 is 10.2 Å². The molecule has 0 spiro atoms. The van der Waals surface area contributed by atoms with Crippen LogP contribution in [0.5, 0.6) is 0 Å². The zero-order valence-corrected chi connectivity index (χ0v) is 13.8. The van der Waals surface area contributed by atoms with E-state index >= 15 is 0 Å². The molecule has 126 valence electrons. The summed E-state index contributed by atoms with van der Waals surface area (Å²) in [7, 11) is 0. The Hall–Kier alpha value is -2.99. The predicted molar refractivity (Wildman–Crippen MR) is 95.8 cm³/mol. The number of hydrogen-bond donors (Lipinski definition) is 2. The van der Waals surface area contributed by atoms with Gasteiger partial charge in [-0.15, -0.1) is 0 Å². The Labute approximate surface area is 144 Å². The standard InChI is InChI=1S/C19H18N4O2/c1-11-7-17(24)22-23-18(11)13-5-6-15-16(9-13)25-19(21-15)14-4-2-3-12(8-14)10-20/h2-6,8-9,11H,7,10,20H2,1H3,(H,22,24). The van der Waals surface area contributed by atoms with E-state index < -0.39 is 0 Å². The quantitative estimate of drug-likeness (QED) is 0.770. The van der Waals surface area contributed by atoms with E-state index in [2.05, 4.69) is 15.5 Å². The van der Waals surface area contributed by atoms with Gasteiger partial charge in [0, 0.05) is 30.0 Å². The third-order valence-electron chi connectivity index (χ3n) is 4.35. The molecule has 4 rings (SSSR count). The number of carbonyl (C=O) groups is 1. The first-order chi connectivity index (χ1) is 12.1. The minimum atomic E-state index is -0.0564. The molecule has 0 saturated heterocycles. The number of rotatable bonds is 3. The third-order valence-corrected chi connectivity index (χ3v) is 4.35. The molecule has 2 heterocycles. The molecule has 0 radical (unpaired) electrons. The number of carbonyl (C=O) groups excluding carboxylic acids is 1. The van der Waals surface area contributed by atoms with E-state index in [1.54, 1.807) is 0 Å². The van der Waals surface area contributed by atoms with Crippen LogP contribution in [0.15, 0.2) is 52.0 Å². The van der Waals surface area contributed by atoms with Gasteiger partial charge in [-0.25, -0.2) is 10.4 Å². The molecule has 0 saturated carbocycles. The molecule has 6 nitrogen and oxygen atoms in total. The summed E-state index contributed by atoms with van der Waals surface area (Å²) >= 11 is 0. The predicted octanol–water partition coefficient (Wildman–Crippen LogP) is 2.81. The number of fused-ring (bicyclic) bond motifs is 1. The molecular formula is C19H18N4O2. The van der Waals surface area contributed by atoms with Crippen LogP contribution >= 0.6 is 0 Å². The van der Waals surface area contributed by atoms with Crippen molar-refractivity contribution in [2.45, 2.75) is 19.9 Å². The van der Waals surface area contributed by atoms with Crippen molar-refractivity contribution >= 4 is 22.7 Å². The number of hydrazone groups is 1. The Kier molecular flexibility index (Phi) is 3.82. The summed E-state index contributed by atoms with van der Waals surface area (Å²) in [6.45, 7) is 2.47. The van der Waals surface area contributed by atoms with Crippen molar-refractivity contribution in [2.24, 2.45) is 16.8 Å². The highest BCUT2D eigenvalue weighted by molar-refractivity contribution is 6.07. The largest absolute Gasteiger partial charge is 0.436 e. The van der Waals surface area contributed by atoms with Gasteiger partial charge in [0.2, 0.25) is 11.8 Å². The lowest BCUT2D eigenvalue weighted by Gasteiger charge is -2.18. The van der Waals surface area contributed by atoms with Crippen LogP contribution in [0.4, 0.5) is 0 Å². The van der Waals surface area contributed by atoms with Gasteiger partial charge in [0.05, 0.1) is 5.71 Å². The SMILES string of the molecule is CC1CC(=O)NN=C1c1ccc2nc(-c3cccc(CN)c3)oc2c1. The first-order valence-electron chi connectivity index (χ1n) is 8.21. The number of nitrogens with two attached hydrogens (primary N) is 1. The normalized spacial score (nSPS) is 17.4. The summed E-state index contributed by atoms with van der Waals surface area (Å²) < 4.78 is 5.95. The molecule has 1 aromatic heterocycles. The van der Waals surface area contributed by atoms with Crippen molar-refractivity contribution in [3.63, 3.8) is 0 Å². The zero-order valence-electron chi connectivity index (χ0n) is 13.8. The highest BCUT2D eigenvalue weighted by atomic mass is 16.3. The van der Waals surface area contributed by atoms with E-state index in [9.17, 15) is 4.79 Å².